The molecule has 0 spiro atoms. The van der Waals surface area contributed by atoms with Gasteiger partial charge in [-0.05, 0) is 37.1 Å². The fourth-order valence-corrected chi connectivity index (χ4v) is 3.67. The smallest absolute Gasteiger partial charge is 0.257 e. The van der Waals surface area contributed by atoms with Crippen LogP contribution < -0.4 is 14.2 Å². The largest absolute Gasteiger partial charge is 0.496 e. The SMILES string of the molecule is COc1ccccc1C(=O)[C@@H]1CCCN(C(=O)c2cccc(OC)c2OC)C1. The first kappa shape index (κ1) is 19.7. The van der Waals surface area contributed by atoms with E-state index in [0.29, 0.717) is 41.5 Å². The lowest BCUT2D eigenvalue weighted by Gasteiger charge is -2.32. The zero-order valence-corrected chi connectivity index (χ0v) is 16.4. The van der Waals surface area contributed by atoms with Gasteiger partial charge in [-0.2, -0.15) is 0 Å². The Morgan fingerprint density at radius 2 is 1.57 bits per heavy atom. The quantitative estimate of drug-likeness (QED) is 0.715. The first-order chi connectivity index (χ1) is 13.6. The van der Waals surface area contributed by atoms with Gasteiger partial charge in [0.25, 0.3) is 5.91 Å². The monoisotopic (exact) mass is 383 g/mol. The number of benzene rings is 2. The maximum absolute atomic E-state index is 13.1. The predicted octanol–water partition coefficient (Wildman–Crippen LogP) is 3.45. The molecule has 1 atom stereocenters. The molecule has 0 N–H and O–H groups in total. The molecule has 0 bridgehead atoms. The zero-order valence-electron chi connectivity index (χ0n) is 16.4. The van der Waals surface area contributed by atoms with Crippen molar-refractivity contribution in [3.05, 3.63) is 53.6 Å². The van der Waals surface area contributed by atoms with Crippen molar-refractivity contribution in [1.29, 1.82) is 0 Å². The summed E-state index contributed by atoms with van der Waals surface area (Å²) in [4.78, 5) is 27.9. The van der Waals surface area contributed by atoms with Gasteiger partial charge >= 0.3 is 0 Å². The van der Waals surface area contributed by atoms with Crippen molar-refractivity contribution < 1.29 is 23.8 Å². The molecule has 2 aromatic rings. The van der Waals surface area contributed by atoms with Gasteiger partial charge in [-0.3, -0.25) is 9.59 Å². The van der Waals surface area contributed by atoms with Crippen LogP contribution in [0.5, 0.6) is 17.2 Å². The Bertz CT molecular complexity index is 864. The number of ketones is 1. The van der Waals surface area contributed by atoms with Crippen LogP contribution in [0, 0.1) is 5.92 Å². The number of nitrogens with zero attached hydrogens (tertiary/aromatic N) is 1. The molecular formula is C22H25NO5. The molecular weight excluding hydrogens is 358 g/mol. The average Bonchev–Trinajstić information content (AvgIpc) is 2.77. The van der Waals surface area contributed by atoms with Crippen molar-refractivity contribution in [3.63, 3.8) is 0 Å². The number of hydrogen-bond donors (Lipinski definition) is 0. The average molecular weight is 383 g/mol. The Hall–Kier alpha value is -3.02. The third-order valence-electron chi connectivity index (χ3n) is 5.09. The number of Topliss-reactive ketones (excluding diaryl/α,β-unsaturated/α-hetero) is 1. The highest BCUT2D eigenvalue weighted by Crippen LogP contribution is 2.33. The van der Waals surface area contributed by atoms with E-state index in [4.69, 9.17) is 14.2 Å². The summed E-state index contributed by atoms with van der Waals surface area (Å²) in [5.74, 6) is 1.07. The second-order valence-electron chi connectivity index (χ2n) is 6.70. The molecule has 1 fully saturated rings. The summed E-state index contributed by atoms with van der Waals surface area (Å²) in [7, 11) is 4.60. The van der Waals surface area contributed by atoms with Gasteiger partial charge in [-0.1, -0.05) is 18.2 Å². The van der Waals surface area contributed by atoms with Gasteiger partial charge in [-0.15, -0.1) is 0 Å². The number of piperidine rings is 1. The highest BCUT2D eigenvalue weighted by Gasteiger charge is 2.32. The molecule has 2 aromatic carbocycles. The van der Waals surface area contributed by atoms with Gasteiger partial charge in [0, 0.05) is 19.0 Å². The van der Waals surface area contributed by atoms with Crippen molar-refractivity contribution in [3.8, 4) is 17.2 Å². The number of rotatable bonds is 6. The molecule has 0 unspecified atom stereocenters. The summed E-state index contributed by atoms with van der Waals surface area (Å²) in [6, 6.07) is 12.4. The van der Waals surface area contributed by atoms with Gasteiger partial charge in [0.1, 0.15) is 5.75 Å². The number of carbonyl (C=O) groups is 2. The topological polar surface area (TPSA) is 65.1 Å². The first-order valence-corrected chi connectivity index (χ1v) is 9.28. The maximum Gasteiger partial charge on any atom is 0.257 e. The van der Waals surface area contributed by atoms with Gasteiger partial charge in [0.05, 0.1) is 32.5 Å². The highest BCUT2D eigenvalue weighted by molar-refractivity contribution is 6.02. The summed E-state index contributed by atoms with van der Waals surface area (Å²) >= 11 is 0. The Labute approximate surface area is 165 Å². The number of para-hydroxylation sites is 2. The van der Waals surface area contributed by atoms with Crippen molar-refractivity contribution in [2.75, 3.05) is 34.4 Å². The number of likely N-dealkylation sites (tertiary alicyclic amines) is 1. The normalized spacial score (nSPS) is 16.4. The van der Waals surface area contributed by atoms with E-state index in [1.807, 2.05) is 12.1 Å². The fraction of sp³-hybridized carbons (Fsp3) is 0.364. The van der Waals surface area contributed by atoms with Crippen LogP contribution in [-0.4, -0.2) is 51.0 Å². The Morgan fingerprint density at radius 3 is 2.29 bits per heavy atom. The molecule has 1 saturated heterocycles. The van der Waals surface area contributed by atoms with Crippen molar-refractivity contribution in [1.82, 2.24) is 4.90 Å². The molecule has 148 valence electrons. The number of amides is 1. The minimum Gasteiger partial charge on any atom is -0.496 e. The first-order valence-electron chi connectivity index (χ1n) is 9.28. The minimum atomic E-state index is -0.259. The summed E-state index contributed by atoms with van der Waals surface area (Å²) < 4.78 is 16.0. The van der Waals surface area contributed by atoms with Crippen LogP contribution >= 0.6 is 0 Å². The third-order valence-corrected chi connectivity index (χ3v) is 5.09. The number of carbonyl (C=O) groups excluding carboxylic acids is 2. The van der Waals surface area contributed by atoms with Crippen LogP contribution in [0.2, 0.25) is 0 Å². The molecule has 1 amide bonds. The lowest BCUT2D eigenvalue weighted by atomic mass is 9.89. The minimum absolute atomic E-state index is 0.00700. The molecule has 0 aromatic heterocycles. The highest BCUT2D eigenvalue weighted by atomic mass is 16.5. The Balaban J connectivity index is 1.82. The standard InChI is InChI=1S/C22H25NO5/c1-26-18-11-5-4-9-16(18)20(24)15-8-7-13-23(14-15)22(25)17-10-6-12-19(27-2)21(17)28-3/h4-6,9-12,15H,7-8,13-14H2,1-3H3/t15-/m1/s1. The van der Waals surface area contributed by atoms with E-state index >= 15 is 0 Å². The molecule has 28 heavy (non-hydrogen) atoms. The van der Waals surface area contributed by atoms with E-state index < -0.39 is 0 Å². The van der Waals surface area contributed by atoms with E-state index in [1.165, 1.54) is 14.2 Å². The summed E-state index contributed by atoms with van der Waals surface area (Å²) in [5, 5.41) is 0. The molecule has 0 aliphatic carbocycles. The molecule has 0 radical (unpaired) electrons. The van der Waals surface area contributed by atoms with Gasteiger partial charge in [0.2, 0.25) is 0 Å². The number of methoxy groups -OCH3 is 3. The van der Waals surface area contributed by atoms with E-state index in [2.05, 4.69) is 0 Å². The third kappa shape index (κ3) is 3.81. The number of ether oxygens (including phenoxy) is 3. The summed E-state index contributed by atoms with van der Waals surface area (Å²) in [6.45, 7) is 0.977. The number of hydrogen-bond acceptors (Lipinski definition) is 5. The lowest BCUT2D eigenvalue weighted by molar-refractivity contribution is 0.0633. The Morgan fingerprint density at radius 1 is 0.893 bits per heavy atom. The van der Waals surface area contributed by atoms with Crippen molar-refractivity contribution in [2.24, 2.45) is 5.92 Å². The van der Waals surface area contributed by atoms with Gasteiger partial charge in [-0.25, -0.2) is 0 Å². The molecule has 1 aliphatic heterocycles. The molecule has 6 nitrogen and oxygen atoms in total. The Kier molecular flexibility index (Phi) is 6.19. The summed E-state index contributed by atoms with van der Waals surface area (Å²) in [6.07, 6.45) is 1.51. The molecule has 1 aliphatic rings. The van der Waals surface area contributed by atoms with Crippen LogP contribution in [0.1, 0.15) is 33.6 Å². The van der Waals surface area contributed by atoms with Crippen molar-refractivity contribution in [2.45, 2.75) is 12.8 Å². The fourth-order valence-electron chi connectivity index (χ4n) is 3.67. The maximum atomic E-state index is 13.1. The molecule has 3 rings (SSSR count). The second kappa shape index (κ2) is 8.78. The summed E-state index contributed by atoms with van der Waals surface area (Å²) in [5.41, 5.74) is 0.996. The van der Waals surface area contributed by atoms with E-state index in [-0.39, 0.29) is 17.6 Å². The molecule has 6 heteroatoms. The van der Waals surface area contributed by atoms with Crippen LogP contribution in [0.4, 0.5) is 0 Å². The molecule has 0 saturated carbocycles. The second-order valence-corrected chi connectivity index (χ2v) is 6.70. The lowest BCUT2D eigenvalue weighted by Crippen LogP contribution is -2.42. The predicted molar refractivity (Wildman–Crippen MR) is 105 cm³/mol. The van der Waals surface area contributed by atoms with Crippen LogP contribution in [0.25, 0.3) is 0 Å². The van der Waals surface area contributed by atoms with Crippen molar-refractivity contribution >= 4 is 11.7 Å². The zero-order chi connectivity index (χ0) is 20.1. The van der Waals surface area contributed by atoms with Crippen LogP contribution in [-0.2, 0) is 0 Å². The van der Waals surface area contributed by atoms with Gasteiger partial charge in [0.15, 0.2) is 17.3 Å². The van der Waals surface area contributed by atoms with Crippen LogP contribution in [0.3, 0.4) is 0 Å². The van der Waals surface area contributed by atoms with Gasteiger partial charge < -0.3 is 19.1 Å². The van der Waals surface area contributed by atoms with E-state index in [1.54, 1.807) is 42.3 Å². The molecule has 1 heterocycles. The van der Waals surface area contributed by atoms with E-state index in [0.717, 1.165) is 12.8 Å². The van der Waals surface area contributed by atoms with Crippen LogP contribution in [0.15, 0.2) is 42.5 Å². The van der Waals surface area contributed by atoms with E-state index in [9.17, 15) is 9.59 Å².